The monoisotopic (exact) mass is 333 g/mol. The molecule has 0 saturated carbocycles. The van der Waals surface area contributed by atoms with E-state index >= 15 is 0 Å². The highest BCUT2D eigenvalue weighted by Crippen LogP contribution is 2.17. The molecule has 0 atom stereocenters. The third-order valence-electron chi connectivity index (χ3n) is 2.71. The highest BCUT2D eigenvalue weighted by atomic mass is 16.5. The van der Waals surface area contributed by atoms with Crippen LogP contribution in [0.4, 0.5) is 0 Å². The number of carbonyl (C=O) groups is 2. The van der Waals surface area contributed by atoms with E-state index in [0.717, 1.165) is 5.75 Å². The first-order valence-electron chi connectivity index (χ1n) is 7.74. The van der Waals surface area contributed by atoms with Gasteiger partial charge in [0.2, 0.25) is 0 Å². The number of benzene rings is 1. The Labute approximate surface area is 142 Å². The number of hydrogen-bond acceptors (Lipinski definition) is 5. The quantitative estimate of drug-likeness (QED) is 0.308. The molecule has 0 unspecified atom stereocenters. The van der Waals surface area contributed by atoms with Gasteiger partial charge in [0.05, 0.1) is 13.2 Å². The van der Waals surface area contributed by atoms with Crippen LogP contribution in [-0.4, -0.2) is 38.2 Å². The minimum atomic E-state index is -0.561. The summed E-state index contributed by atoms with van der Waals surface area (Å²) in [7, 11) is 0. The molecular weight excluding hydrogens is 310 g/mol. The number of nitrogens with one attached hydrogen (secondary N) is 1. The van der Waals surface area contributed by atoms with Gasteiger partial charge in [-0.3, -0.25) is 4.79 Å². The fraction of sp³-hybridized carbons (Fsp3) is 0.333. The van der Waals surface area contributed by atoms with Crippen molar-refractivity contribution < 1.29 is 23.8 Å². The first-order valence-corrected chi connectivity index (χ1v) is 7.74. The summed E-state index contributed by atoms with van der Waals surface area (Å²) in [5, 5.41) is 2.60. The SMILES string of the molecule is C/C=C/C=C/C(=O)OCC(=O)NCCOc1ccc(OCC)cc1. The number of esters is 1. The van der Waals surface area contributed by atoms with Crippen molar-refractivity contribution in [2.45, 2.75) is 13.8 Å². The molecule has 24 heavy (non-hydrogen) atoms. The lowest BCUT2D eigenvalue weighted by molar-refractivity contribution is -0.143. The van der Waals surface area contributed by atoms with Gasteiger partial charge in [0.25, 0.3) is 5.91 Å². The van der Waals surface area contributed by atoms with Crippen LogP contribution in [0.15, 0.2) is 48.6 Å². The summed E-state index contributed by atoms with van der Waals surface area (Å²) < 4.78 is 15.6. The molecule has 1 N–H and O–H groups in total. The van der Waals surface area contributed by atoms with Gasteiger partial charge in [-0.15, -0.1) is 0 Å². The zero-order valence-corrected chi connectivity index (χ0v) is 14.0. The molecule has 1 aromatic carbocycles. The Morgan fingerprint density at radius 1 is 1.08 bits per heavy atom. The minimum Gasteiger partial charge on any atom is -0.494 e. The van der Waals surface area contributed by atoms with Gasteiger partial charge < -0.3 is 19.5 Å². The second kappa shape index (κ2) is 11.8. The second-order valence-electron chi connectivity index (χ2n) is 4.60. The molecular formula is C18H23NO5. The third-order valence-corrected chi connectivity index (χ3v) is 2.71. The largest absolute Gasteiger partial charge is 0.494 e. The Morgan fingerprint density at radius 3 is 2.38 bits per heavy atom. The fourth-order valence-electron chi connectivity index (χ4n) is 1.64. The van der Waals surface area contributed by atoms with Gasteiger partial charge in [0.1, 0.15) is 18.1 Å². The van der Waals surface area contributed by atoms with Crippen LogP contribution in [0.25, 0.3) is 0 Å². The number of allylic oxidation sites excluding steroid dienone is 3. The highest BCUT2D eigenvalue weighted by molar-refractivity contribution is 5.85. The molecule has 0 aromatic heterocycles. The Hall–Kier alpha value is -2.76. The average molecular weight is 333 g/mol. The molecule has 0 aliphatic rings. The molecule has 1 aromatic rings. The summed E-state index contributed by atoms with van der Waals surface area (Å²) in [5.41, 5.74) is 0. The maximum absolute atomic E-state index is 11.5. The van der Waals surface area contributed by atoms with Crippen molar-refractivity contribution >= 4 is 11.9 Å². The molecule has 0 fully saturated rings. The summed E-state index contributed by atoms with van der Waals surface area (Å²) in [6.45, 7) is 4.68. The molecule has 0 heterocycles. The van der Waals surface area contributed by atoms with E-state index in [1.165, 1.54) is 6.08 Å². The predicted octanol–water partition coefficient (Wildman–Crippen LogP) is 2.26. The van der Waals surface area contributed by atoms with Gasteiger partial charge in [-0.25, -0.2) is 4.79 Å². The van der Waals surface area contributed by atoms with Gasteiger partial charge in [-0.1, -0.05) is 18.2 Å². The maximum atomic E-state index is 11.5. The lowest BCUT2D eigenvalue weighted by Crippen LogP contribution is -2.31. The van der Waals surface area contributed by atoms with Gasteiger partial charge >= 0.3 is 5.97 Å². The predicted molar refractivity (Wildman–Crippen MR) is 91.0 cm³/mol. The van der Waals surface area contributed by atoms with E-state index in [4.69, 9.17) is 14.2 Å². The van der Waals surface area contributed by atoms with E-state index in [9.17, 15) is 9.59 Å². The van der Waals surface area contributed by atoms with Gasteiger partial charge in [-0.05, 0) is 38.1 Å². The molecule has 1 amide bonds. The zero-order valence-electron chi connectivity index (χ0n) is 14.0. The van der Waals surface area contributed by atoms with Crippen molar-refractivity contribution in [2.24, 2.45) is 0 Å². The summed E-state index contributed by atoms with van der Waals surface area (Å²) >= 11 is 0. The van der Waals surface area contributed by atoms with E-state index in [0.29, 0.717) is 25.5 Å². The normalized spacial score (nSPS) is 10.8. The Bertz CT molecular complexity index is 563. The average Bonchev–Trinajstić information content (AvgIpc) is 2.59. The molecule has 0 aliphatic heterocycles. The van der Waals surface area contributed by atoms with Crippen LogP contribution in [-0.2, 0) is 14.3 Å². The smallest absolute Gasteiger partial charge is 0.331 e. The van der Waals surface area contributed by atoms with Crippen molar-refractivity contribution in [2.75, 3.05) is 26.4 Å². The molecule has 6 nitrogen and oxygen atoms in total. The molecule has 130 valence electrons. The number of rotatable bonds is 10. The molecule has 0 saturated heterocycles. The van der Waals surface area contributed by atoms with Crippen LogP contribution in [0, 0.1) is 0 Å². The minimum absolute atomic E-state index is 0.314. The van der Waals surface area contributed by atoms with Crippen LogP contribution in [0.1, 0.15) is 13.8 Å². The number of ether oxygens (including phenoxy) is 3. The molecule has 0 aliphatic carbocycles. The van der Waals surface area contributed by atoms with Gasteiger partial charge in [0, 0.05) is 6.08 Å². The van der Waals surface area contributed by atoms with E-state index in [1.807, 2.05) is 26.0 Å². The van der Waals surface area contributed by atoms with Crippen LogP contribution < -0.4 is 14.8 Å². The van der Waals surface area contributed by atoms with Gasteiger partial charge in [0.15, 0.2) is 6.61 Å². The first-order chi connectivity index (χ1) is 11.7. The van der Waals surface area contributed by atoms with Crippen LogP contribution in [0.3, 0.4) is 0 Å². The number of hydrogen-bond donors (Lipinski definition) is 1. The van der Waals surface area contributed by atoms with E-state index in [2.05, 4.69) is 5.32 Å². The van der Waals surface area contributed by atoms with E-state index in [-0.39, 0.29) is 12.5 Å². The van der Waals surface area contributed by atoms with Gasteiger partial charge in [-0.2, -0.15) is 0 Å². The number of amides is 1. The third kappa shape index (κ3) is 8.63. The summed E-state index contributed by atoms with van der Waals surface area (Å²) in [6, 6.07) is 7.23. The summed E-state index contributed by atoms with van der Waals surface area (Å²) in [6.07, 6.45) is 6.27. The lowest BCUT2D eigenvalue weighted by atomic mass is 10.3. The molecule has 1 rings (SSSR count). The lowest BCUT2D eigenvalue weighted by Gasteiger charge is -2.09. The Morgan fingerprint density at radius 2 is 1.75 bits per heavy atom. The second-order valence-corrected chi connectivity index (χ2v) is 4.60. The number of carbonyl (C=O) groups excluding carboxylic acids is 2. The van der Waals surface area contributed by atoms with Crippen LogP contribution in [0.5, 0.6) is 11.5 Å². The first kappa shape index (κ1) is 19.3. The molecule has 0 spiro atoms. The summed E-state index contributed by atoms with van der Waals surface area (Å²) in [5.74, 6) is 0.531. The van der Waals surface area contributed by atoms with Crippen LogP contribution in [0.2, 0.25) is 0 Å². The van der Waals surface area contributed by atoms with Crippen molar-refractivity contribution in [1.82, 2.24) is 5.32 Å². The molecule has 6 heteroatoms. The van der Waals surface area contributed by atoms with Crippen molar-refractivity contribution in [3.8, 4) is 11.5 Å². The Kier molecular flexibility index (Phi) is 9.45. The molecule has 0 bridgehead atoms. The van der Waals surface area contributed by atoms with E-state index in [1.54, 1.807) is 30.4 Å². The van der Waals surface area contributed by atoms with Crippen molar-refractivity contribution in [3.05, 3.63) is 48.6 Å². The maximum Gasteiger partial charge on any atom is 0.331 e. The topological polar surface area (TPSA) is 73.9 Å². The summed E-state index contributed by atoms with van der Waals surface area (Å²) in [4.78, 5) is 22.8. The van der Waals surface area contributed by atoms with Crippen LogP contribution >= 0.6 is 0 Å². The van der Waals surface area contributed by atoms with Crippen molar-refractivity contribution in [1.29, 1.82) is 0 Å². The van der Waals surface area contributed by atoms with E-state index < -0.39 is 5.97 Å². The van der Waals surface area contributed by atoms with Crippen molar-refractivity contribution in [3.63, 3.8) is 0 Å². The standard InChI is InChI=1S/C18H23NO5/c1-3-5-6-7-18(21)24-14-17(20)19-12-13-23-16-10-8-15(9-11-16)22-4-2/h3,5-11H,4,12-14H2,1-2H3,(H,19,20)/b5-3+,7-6+. The Balaban J connectivity index is 2.15. The molecule has 0 radical (unpaired) electrons. The fourth-order valence-corrected chi connectivity index (χ4v) is 1.64. The zero-order chi connectivity index (χ0) is 17.6. The highest BCUT2D eigenvalue weighted by Gasteiger charge is 2.04.